The molecule has 0 amide bonds. The maximum atomic E-state index is 5.87. The summed E-state index contributed by atoms with van der Waals surface area (Å²) in [7, 11) is 0. The molecule has 1 aliphatic carbocycles. The smallest absolute Gasteiger partial charge is 0.130 e. The number of aryl methyl sites for hydroxylation is 1. The van der Waals surface area contributed by atoms with Gasteiger partial charge >= 0.3 is 0 Å². The fourth-order valence-electron chi connectivity index (χ4n) is 2.81. The SMILES string of the molecule is Cc1cc(COCC2CCCC2)oc1CNCC(C)C. The molecule has 0 aromatic carbocycles. The number of hydrogen-bond donors (Lipinski definition) is 1. The molecule has 3 nitrogen and oxygen atoms in total. The second-order valence-electron chi connectivity index (χ2n) is 6.51. The lowest BCUT2D eigenvalue weighted by molar-refractivity contribution is 0.0764. The van der Waals surface area contributed by atoms with Crippen molar-refractivity contribution >= 4 is 0 Å². The van der Waals surface area contributed by atoms with Gasteiger partial charge in [-0.05, 0) is 49.8 Å². The number of ether oxygens (including phenoxy) is 1. The summed E-state index contributed by atoms with van der Waals surface area (Å²) in [5.74, 6) is 3.45. The van der Waals surface area contributed by atoms with Crippen molar-refractivity contribution in [3.8, 4) is 0 Å². The molecule has 1 saturated carbocycles. The molecule has 0 radical (unpaired) electrons. The molecule has 0 spiro atoms. The van der Waals surface area contributed by atoms with Gasteiger partial charge in [-0.3, -0.25) is 0 Å². The summed E-state index contributed by atoms with van der Waals surface area (Å²) >= 11 is 0. The van der Waals surface area contributed by atoms with Crippen LogP contribution in [0, 0.1) is 18.8 Å². The van der Waals surface area contributed by atoms with Gasteiger partial charge in [0, 0.05) is 6.61 Å². The first-order chi connectivity index (χ1) is 9.65. The van der Waals surface area contributed by atoms with Crippen LogP contribution in [-0.4, -0.2) is 13.2 Å². The van der Waals surface area contributed by atoms with Crippen LogP contribution in [0.2, 0.25) is 0 Å². The molecule has 0 saturated heterocycles. The Morgan fingerprint density at radius 1 is 1.35 bits per heavy atom. The van der Waals surface area contributed by atoms with Crippen LogP contribution < -0.4 is 5.32 Å². The monoisotopic (exact) mass is 279 g/mol. The van der Waals surface area contributed by atoms with Crippen molar-refractivity contribution in [2.24, 2.45) is 11.8 Å². The van der Waals surface area contributed by atoms with E-state index in [0.29, 0.717) is 12.5 Å². The van der Waals surface area contributed by atoms with Crippen LogP contribution in [0.1, 0.15) is 56.6 Å². The summed E-state index contributed by atoms with van der Waals surface area (Å²) in [6, 6.07) is 2.11. The van der Waals surface area contributed by atoms with Crippen molar-refractivity contribution in [1.82, 2.24) is 5.32 Å². The third kappa shape index (κ3) is 4.95. The van der Waals surface area contributed by atoms with Gasteiger partial charge in [0.1, 0.15) is 18.1 Å². The molecular formula is C17H29NO2. The first-order valence-corrected chi connectivity index (χ1v) is 8.01. The molecule has 1 aromatic heterocycles. The van der Waals surface area contributed by atoms with E-state index in [9.17, 15) is 0 Å². The average molecular weight is 279 g/mol. The number of nitrogens with one attached hydrogen (secondary N) is 1. The van der Waals surface area contributed by atoms with Crippen molar-refractivity contribution in [2.75, 3.05) is 13.2 Å². The van der Waals surface area contributed by atoms with Crippen LogP contribution in [0.3, 0.4) is 0 Å². The van der Waals surface area contributed by atoms with Gasteiger partial charge in [-0.2, -0.15) is 0 Å². The molecule has 114 valence electrons. The van der Waals surface area contributed by atoms with Crippen molar-refractivity contribution in [3.05, 3.63) is 23.2 Å². The Labute approximate surface area is 123 Å². The summed E-state index contributed by atoms with van der Waals surface area (Å²) in [5.41, 5.74) is 1.22. The highest BCUT2D eigenvalue weighted by molar-refractivity contribution is 5.19. The molecule has 0 atom stereocenters. The van der Waals surface area contributed by atoms with E-state index in [1.54, 1.807) is 0 Å². The van der Waals surface area contributed by atoms with Gasteiger partial charge in [-0.15, -0.1) is 0 Å². The van der Waals surface area contributed by atoms with Crippen LogP contribution in [0.15, 0.2) is 10.5 Å². The molecule has 0 bridgehead atoms. The van der Waals surface area contributed by atoms with Crippen molar-refractivity contribution in [3.63, 3.8) is 0 Å². The van der Waals surface area contributed by atoms with Crippen LogP contribution in [0.4, 0.5) is 0 Å². The second-order valence-corrected chi connectivity index (χ2v) is 6.51. The Balaban J connectivity index is 1.71. The summed E-state index contributed by atoms with van der Waals surface area (Å²) in [4.78, 5) is 0. The van der Waals surface area contributed by atoms with Crippen molar-refractivity contribution in [1.29, 1.82) is 0 Å². The molecule has 1 fully saturated rings. The Bertz CT molecular complexity index is 392. The highest BCUT2D eigenvalue weighted by atomic mass is 16.5. The molecule has 20 heavy (non-hydrogen) atoms. The van der Waals surface area contributed by atoms with E-state index in [0.717, 1.165) is 37.1 Å². The van der Waals surface area contributed by atoms with Crippen LogP contribution in [-0.2, 0) is 17.9 Å². The molecule has 1 heterocycles. The summed E-state index contributed by atoms with van der Waals surface area (Å²) in [6.45, 7) is 9.87. The molecule has 0 unspecified atom stereocenters. The maximum Gasteiger partial charge on any atom is 0.130 e. The summed E-state index contributed by atoms with van der Waals surface area (Å²) in [5, 5.41) is 3.42. The fraction of sp³-hybridized carbons (Fsp3) is 0.765. The molecule has 1 N–H and O–H groups in total. The lowest BCUT2D eigenvalue weighted by Crippen LogP contribution is -2.18. The number of rotatable bonds is 8. The standard InChI is InChI=1S/C17H29NO2/c1-13(2)9-18-10-17-14(3)8-16(20-17)12-19-11-15-6-4-5-7-15/h8,13,15,18H,4-7,9-12H2,1-3H3. The zero-order chi connectivity index (χ0) is 14.4. The Kier molecular flexibility index (Phi) is 6.11. The highest BCUT2D eigenvalue weighted by Gasteiger charge is 2.15. The topological polar surface area (TPSA) is 34.4 Å². The minimum atomic E-state index is 0.613. The van der Waals surface area contributed by atoms with Crippen molar-refractivity contribution in [2.45, 2.75) is 59.6 Å². The first kappa shape index (κ1) is 15.6. The minimum Gasteiger partial charge on any atom is -0.462 e. The lowest BCUT2D eigenvalue weighted by Gasteiger charge is -2.08. The zero-order valence-corrected chi connectivity index (χ0v) is 13.2. The quantitative estimate of drug-likeness (QED) is 0.780. The van der Waals surface area contributed by atoms with Gasteiger partial charge in [0.05, 0.1) is 6.54 Å². The fourth-order valence-corrected chi connectivity index (χ4v) is 2.81. The molecular weight excluding hydrogens is 250 g/mol. The van der Waals surface area contributed by atoms with Gasteiger partial charge in [-0.25, -0.2) is 0 Å². The lowest BCUT2D eigenvalue weighted by atomic mass is 10.1. The van der Waals surface area contributed by atoms with Crippen LogP contribution in [0.25, 0.3) is 0 Å². The highest BCUT2D eigenvalue weighted by Crippen LogP contribution is 2.25. The Morgan fingerprint density at radius 2 is 2.10 bits per heavy atom. The van der Waals surface area contributed by atoms with Gasteiger partial charge in [0.15, 0.2) is 0 Å². The van der Waals surface area contributed by atoms with Crippen LogP contribution >= 0.6 is 0 Å². The predicted octanol–water partition coefficient (Wildman–Crippen LogP) is 4.04. The Morgan fingerprint density at radius 3 is 2.80 bits per heavy atom. The van der Waals surface area contributed by atoms with E-state index in [-0.39, 0.29) is 0 Å². The van der Waals surface area contributed by atoms with E-state index >= 15 is 0 Å². The minimum absolute atomic E-state index is 0.613. The van der Waals surface area contributed by atoms with Gasteiger partial charge in [0.2, 0.25) is 0 Å². The third-order valence-corrected chi connectivity index (χ3v) is 3.98. The summed E-state index contributed by atoms with van der Waals surface area (Å²) in [6.07, 6.45) is 5.42. The third-order valence-electron chi connectivity index (χ3n) is 3.98. The van der Waals surface area contributed by atoms with E-state index in [1.165, 1.54) is 31.2 Å². The van der Waals surface area contributed by atoms with E-state index in [2.05, 4.69) is 32.2 Å². The van der Waals surface area contributed by atoms with E-state index in [1.807, 2.05) is 0 Å². The normalized spacial score (nSPS) is 16.4. The molecule has 2 rings (SSSR count). The zero-order valence-electron chi connectivity index (χ0n) is 13.2. The van der Waals surface area contributed by atoms with E-state index < -0.39 is 0 Å². The Hall–Kier alpha value is -0.800. The predicted molar refractivity (Wildman–Crippen MR) is 81.6 cm³/mol. The molecule has 3 heteroatoms. The molecule has 1 aliphatic rings. The first-order valence-electron chi connectivity index (χ1n) is 8.01. The van der Waals surface area contributed by atoms with Crippen LogP contribution in [0.5, 0.6) is 0 Å². The largest absolute Gasteiger partial charge is 0.462 e. The number of furan rings is 1. The number of hydrogen-bond acceptors (Lipinski definition) is 3. The van der Waals surface area contributed by atoms with Crippen molar-refractivity contribution < 1.29 is 9.15 Å². The second kappa shape index (κ2) is 7.84. The van der Waals surface area contributed by atoms with Gasteiger partial charge in [0.25, 0.3) is 0 Å². The molecule has 1 aromatic rings. The summed E-state index contributed by atoms with van der Waals surface area (Å²) < 4.78 is 11.7. The van der Waals surface area contributed by atoms with Gasteiger partial charge in [-0.1, -0.05) is 26.7 Å². The van der Waals surface area contributed by atoms with E-state index in [4.69, 9.17) is 9.15 Å². The average Bonchev–Trinajstić information content (AvgIpc) is 3.00. The molecule has 0 aliphatic heterocycles. The van der Waals surface area contributed by atoms with Gasteiger partial charge < -0.3 is 14.5 Å². The maximum absolute atomic E-state index is 5.87.